The van der Waals surface area contributed by atoms with Crippen molar-refractivity contribution in [3.63, 3.8) is 0 Å². The molecule has 2 heterocycles. The van der Waals surface area contributed by atoms with E-state index in [1.807, 2.05) is 0 Å². The molecule has 0 aromatic heterocycles. The molecule has 0 aromatic carbocycles. The highest BCUT2D eigenvalue weighted by molar-refractivity contribution is 8.00. The number of hydrogen-bond acceptors (Lipinski definition) is 7. The van der Waals surface area contributed by atoms with Gasteiger partial charge in [0.05, 0.1) is 17.2 Å². The maximum Gasteiger partial charge on any atom is 0.352 e. The minimum Gasteiger partial charge on any atom is -0.477 e. The highest BCUT2D eigenvalue weighted by Crippen LogP contribution is 2.40. The third-order valence-corrected chi connectivity index (χ3v) is 4.52. The van der Waals surface area contributed by atoms with Crippen LogP contribution in [0.15, 0.2) is 11.3 Å². The number of aliphatic carboxylic acids is 1. The van der Waals surface area contributed by atoms with Crippen LogP contribution in [0.5, 0.6) is 0 Å². The zero-order chi connectivity index (χ0) is 16.4. The fraction of sp³-hybridized carbons (Fsp3) is 0.417. The third-order valence-electron chi connectivity index (χ3n) is 3.07. The van der Waals surface area contributed by atoms with Crippen LogP contribution in [0.2, 0.25) is 0 Å². The molecule has 2 N–H and O–H groups in total. The van der Waals surface area contributed by atoms with Crippen LogP contribution in [0.1, 0.15) is 13.3 Å². The first-order valence-electron chi connectivity index (χ1n) is 6.18. The molecule has 1 saturated heterocycles. The molecule has 0 aromatic rings. The molecule has 118 valence electrons. The van der Waals surface area contributed by atoms with Crippen LogP contribution in [0.4, 0.5) is 0 Å². The molecular formula is C12H12N2O6S2. The van der Waals surface area contributed by atoms with Gasteiger partial charge in [-0.3, -0.25) is 19.3 Å². The lowest BCUT2D eigenvalue weighted by molar-refractivity contribution is -0.149. The van der Waals surface area contributed by atoms with Gasteiger partial charge in [-0.05, 0) is 0 Å². The summed E-state index contributed by atoms with van der Waals surface area (Å²) in [6.45, 7) is 1.13. The molecule has 2 aliphatic rings. The van der Waals surface area contributed by atoms with Gasteiger partial charge in [0.25, 0.3) is 5.91 Å². The van der Waals surface area contributed by atoms with Gasteiger partial charge < -0.3 is 15.2 Å². The number of thiocarbonyl (C=S) groups is 1. The second-order valence-corrected chi connectivity index (χ2v) is 5.93. The van der Waals surface area contributed by atoms with Crippen LogP contribution in [0.3, 0.4) is 0 Å². The van der Waals surface area contributed by atoms with Crippen molar-refractivity contribution in [1.82, 2.24) is 10.2 Å². The number of rotatable bonds is 5. The molecule has 0 radical (unpaired) electrons. The van der Waals surface area contributed by atoms with Crippen LogP contribution in [-0.2, 0) is 23.9 Å². The summed E-state index contributed by atoms with van der Waals surface area (Å²) < 4.78 is 4.98. The number of thioether (sulfide) groups is 1. The minimum atomic E-state index is -1.32. The van der Waals surface area contributed by atoms with Crippen molar-refractivity contribution in [3.8, 4) is 0 Å². The minimum absolute atomic E-state index is 0.141. The number of ether oxygens (including phenoxy) is 1. The summed E-state index contributed by atoms with van der Waals surface area (Å²) in [5, 5.41) is 12.3. The largest absolute Gasteiger partial charge is 0.477 e. The number of fused-ring (bicyclic) bond motifs is 1. The van der Waals surface area contributed by atoms with Crippen LogP contribution in [0, 0.1) is 0 Å². The first kappa shape index (κ1) is 16.4. The molecule has 1 fully saturated rings. The van der Waals surface area contributed by atoms with Crippen LogP contribution >= 0.6 is 24.0 Å². The van der Waals surface area contributed by atoms with Crippen molar-refractivity contribution in [3.05, 3.63) is 11.3 Å². The van der Waals surface area contributed by atoms with E-state index >= 15 is 0 Å². The number of β-lactam (4-membered cyclic amide) rings is 1. The Balaban J connectivity index is 2.40. The number of carboxylic acid groups (broad SMARTS) is 1. The maximum atomic E-state index is 11.6. The zero-order valence-corrected chi connectivity index (χ0v) is 13.0. The van der Waals surface area contributed by atoms with Gasteiger partial charge in [0.15, 0.2) is 0 Å². The van der Waals surface area contributed by atoms with Gasteiger partial charge in [0.2, 0.25) is 12.1 Å². The number of hydrogen-bond donors (Lipinski definition) is 2. The second kappa shape index (κ2) is 6.44. The quantitative estimate of drug-likeness (QED) is 0.301. The number of amides is 2. The van der Waals surface area contributed by atoms with E-state index in [4.69, 9.17) is 4.74 Å². The average molecular weight is 344 g/mol. The van der Waals surface area contributed by atoms with Crippen molar-refractivity contribution < 1.29 is 29.0 Å². The van der Waals surface area contributed by atoms with E-state index in [9.17, 15) is 24.3 Å². The molecule has 0 aliphatic carbocycles. The highest BCUT2D eigenvalue weighted by Gasteiger charge is 2.47. The highest BCUT2D eigenvalue weighted by atomic mass is 32.2. The monoisotopic (exact) mass is 344 g/mol. The molecule has 0 saturated carbocycles. The Morgan fingerprint density at radius 3 is 2.73 bits per heavy atom. The molecule has 10 heteroatoms. The Kier molecular flexibility index (Phi) is 4.81. The van der Waals surface area contributed by atoms with Gasteiger partial charge >= 0.3 is 11.9 Å². The van der Waals surface area contributed by atoms with Crippen molar-refractivity contribution in [1.29, 1.82) is 0 Å². The number of nitrogens with one attached hydrogen (secondary N) is 1. The standard InChI is InChI=1S/C12H12N2O6S2/c1-5(15)20-11(13-7(16)3-21)6-4-22-9-2-8(17)14(9)10(6)12(18)19/h3,9,11H,2,4H2,1H3,(H,13,16)(H,18,19)/t9-,11?/m1/s1. The van der Waals surface area contributed by atoms with E-state index in [1.54, 1.807) is 0 Å². The summed E-state index contributed by atoms with van der Waals surface area (Å²) in [5.41, 5.74) is -0.113. The topological polar surface area (TPSA) is 113 Å². The SMILES string of the molecule is CC(=O)OC(NC(=O)C=S)C1=C(C(=O)O)N2C(=O)C[C@H]2SC1. The third kappa shape index (κ3) is 3.12. The van der Waals surface area contributed by atoms with Crippen molar-refractivity contribution in [2.75, 3.05) is 5.75 Å². The van der Waals surface area contributed by atoms with Gasteiger partial charge in [-0.1, -0.05) is 12.2 Å². The zero-order valence-electron chi connectivity index (χ0n) is 11.4. The first-order valence-corrected chi connectivity index (χ1v) is 7.70. The maximum absolute atomic E-state index is 11.6. The summed E-state index contributed by atoms with van der Waals surface area (Å²) in [5.74, 6) is -2.82. The van der Waals surface area contributed by atoms with E-state index in [0.29, 0.717) is 0 Å². The summed E-state index contributed by atoms with van der Waals surface area (Å²) in [4.78, 5) is 46.9. The molecule has 2 aliphatic heterocycles. The molecule has 8 nitrogen and oxygen atoms in total. The number of carbonyl (C=O) groups excluding carboxylic acids is 3. The summed E-state index contributed by atoms with van der Waals surface area (Å²) in [6, 6.07) is 0. The molecule has 1 unspecified atom stereocenters. The van der Waals surface area contributed by atoms with Crippen molar-refractivity contribution in [2.45, 2.75) is 24.9 Å². The van der Waals surface area contributed by atoms with E-state index in [1.165, 1.54) is 11.8 Å². The normalized spacial score (nSPS) is 21.4. The van der Waals surface area contributed by atoms with Crippen molar-refractivity contribution in [2.24, 2.45) is 0 Å². The van der Waals surface area contributed by atoms with E-state index in [0.717, 1.165) is 17.2 Å². The smallest absolute Gasteiger partial charge is 0.352 e. The van der Waals surface area contributed by atoms with E-state index in [2.05, 4.69) is 17.5 Å². The van der Waals surface area contributed by atoms with Gasteiger partial charge in [-0.25, -0.2) is 4.79 Å². The Bertz CT molecular complexity index is 602. The Hall–Kier alpha value is -1.94. The Labute approximate surface area is 134 Å². The average Bonchev–Trinajstić information content (AvgIpc) is 2.43. The van der Waals surface area contributed by atoms with Crippen LogP contribution < -0.4 is 5.32 Å². The molecule has 2 amide bonds. The lowest BCUT2D eigenvalue weighted by Crippen LogP contribution is -2.56. The lowest BCUT2D eigenvalue weighted by Gasteiger charge is -2.44. The summed E-state index contributed by atoms with van der Waals surface area (Å²) in [6.07, 6.45) is -1.02. The van der Waals surface area contributed by atoms with Crippen LogP contribution in [0.25, 0.3) is 0 Å². The second-order valence-electron chi connectivity index (χ2n) is 4.53. The molecule has 2 atom stereocenters. The number of esters is 1. The molecule has 22 heavy (non-hydrogen) atoms. The predicted molar refractivity (Wildman–Crippen MR) is 79.7 cm³/mol. The lowest BCUT2D eigenvalue weighted by atomic mass is 10.1. The Morgan fingerprint density at radius 1 is 1.55 bits per heavy atom. The molecule has 0 spiro atoms. The molecule has 2 rings (SSSR count). The summed E-state index contributed by atoms with van der Waals surface area (Å²) >= 11 is 5.82. The van der Waals surface area contributed by atoms with Gasteiger partial charge in [0, 0.05) is 18.2 Å². The van der Waals surface area contributed by atoms with Gasteiger partial charge in [0.1, 0.15) is 5.70 Å². The fourth-order valence-corrected chi connectivity index (χ4v) is 3.52. The fourth-order valence-electron chi connectivity index (χ4n) is 2.16. The molecule has 0 bridgehead atoms. The first-order chi connectivity index (χ1) is 10.3. The number of nitrogens with zero attached hydrogens (tertiary/aromatic N) is 1. The number of carbonyl (C=O) groups is 4. The van der Waals surface area contributed by atoms with Gasteiger partial charge in [-0.2, -0.15) is 0 Å². The van der Waals surface area contributed by atoms with Gasteiger partial charge in [-0.15, -0.1) is 11.8 Å². The molecular weight excluding hydrogens is 332 g/mol. The Morgan fingerprint density at radius 2 is 2.23 bits per heavy atom. The van der Waals surface area contributed by atoms with Crippen molar-refractivity contribution >= 4 is 53.1 Å². The number of carboxylic acids is 1. The van der Waals surface area contributed by atoms with E-state index < -0.39 is 24.1 Å². The predicted octanol–water partition coefficient (Wildman–Crippen LogP) is -0.365. The van der Waals surface area contributed by atoms with E-state index in [-0.39, 0.29) is 34.7 Å². The summed E-state index contributed by atoms with van der Waals surface area (Å²) in [7, 11) is 0. The van der Waals surface area contributed by atoms with Crippen LogP contribution in [-0.4, -0.2) is 56.5 Å².